The molecule has 116 valence electrons. The van der Waals surface area contributed by atoms with E-state index in [4.69, 9.17) is 4.74 Å². The highest BCUT2D eigenvalue weighted by atomic mass is 16.5. The number of hydrogen-bond donors (Lipinski definition) is 1. The quantitative estimate of drug-likeness (QED) is 0.828. The van der Waals surface area contributed by atoms with E-state index in [1.54, 1.807) is 18.0 Å². The zero-order valence-corrected chi connectivity index (χ0v) is 13.4. The number of likely N-dealkylation sites (N-methyl/N-ethyl adjacent to an activating group) is 1. The topological polar surface area (TPSA) is 68.1 Å². The molecule has 2 heterocycles. The minimum Gasteiger partial charge on any atom is -0.383 e. The molecule has 0 radical (unpaired) electrons. The Bertz CT molecular complexity index is 596. The molecule has 2 aromatic heterocycles. The van der Waals surface area contributed by atoms with Gasteiger partial charge in [-0.2, -0.15) is 5.10 Å². The molecule has 0 aliphatic carbocycles. The monoisotopic (exact) mass is 292 g/mol. The second kappa shape index (κ2) is 6.82. The van der Waals surface area contributed by atoms with Crippen molar-refractivity contribution in [1.29, 1.82) is 0 Å². The number of ether oxygens (including phenoxy) is 1. The fourth-order valence-corrected chi connectivity index (χ4v) is 2.44. The van der Waals surface area contributed by atoms with E-state index in [-0.39, 0.29) is 0 Å². The molecule has 1 unspecified atom stereocenters. The average Bonchev–Trinajstić information content (AvgIpc) is 2.85. The minimum atomic E-state index is 0.323. The molecule has 21 heavy (non-hydrogen) atoms. The van der Waals surface area contributed by atoms with Gasteiger partial charge < -0.3 is 10.1 Å². The third kappa shape index (κ3) is 3.30. The van der Waals surface area contributed by atoms with E-state index in [2.05, 4.69) is 39.1 Å². The van der Waals surface area contributed by atoms with Gasteiger partial charge in [0.2, 0.25) is 0 Å². The van der Waals surface area contributed by atoms with E-state index in [1.165, 1.54) is 0 Å². The van der Waals surface area contributed by atoms with Gasteiger partial charge in [-0.05, 0) is 13.5 Å². The van der Waals surface area contributed by atoms with Crippen LogP contribution in [-0.4, -0.2) is 58.0 Å². The normalized spacial score (nSPS) is 13.0. The summed E-state index contributed by atoms with van der Waals surface area (Å²) in [6, 6.07) is 0.323. The standard InChI is InChI=1S/C14H24N6O/c1-6-20(10(2)9-21-5)8-12-17-13(15-3)11-7-16-19(4)14(11)18-12/h7,10H,6,8-9H2,1-5H3,(H,15,17,18). The Kier molecular flexibility index (Phi) is 5.08. The fraction of sp³-hybridized carbons (Fsp3) is 0.643. The Morgan fingerprint density at radius 1 is 1.43 bits per heavy atom. The van der Waals surface area contributed by atoms with Gasteiger partial charge in [0.1, 0.15) is 11.6 Å². The molecule has 1 atom stereocenters. The molecular weight excluding hydrogens is 268 g/mol. The summed E-state index contributed by atoms with van der Waals surface area (Å²) in [7, 11) is 5.48. The number of anilines is 1. The van der Waals surface area contributed by atoms with Crippen LogP contribution >= 0.6 is 0 Å². The van der Waals surface area contributed by atoms with Crippen molar-refractivity contribution in [3.63, 3.8) is 0 Å². The predicted molar refractivity (Wildman–Crippen MR) is 83.3 cm³/mol. The highest BCUT2D eigenvalue weighted by Crippen LogP contribution is 2.19. The number of nitrogens with one attached hydrogen (secondary N) is 1. The van der Waals surface area contributed by atoms with Gasteiger partial charge in [0.25, 0.3) is 0 Å². The van der Waals surface area contributed by atoms with Crippen LogP contribution in [0.4, 0.5) is 5.82 Å². The van der Waals surface area contributed by atoms with Crippen LogP contribution in [0, 0.1) is 0 Å². The summed E-state index contributed by atoms with van der Waals surface area (Å²) in [5.41, 5.74) is 0.847. The van der Waals surface area contributed by atoms with Gasteiger partial charge in [0.05, 0.1) is 24.7 Å². The van der Waals surface area contributed by atoms with Gasteiger partial charge in [-0.3, -0.25) is 9.58 Å². The second-order valence-corrected chi connectivity index (χ2v) is 5.11. The van der Waals surface area contributed by atoms with Crippen molar-refractivity contribution in [2.75, 3.05) is 32.6 Å². The summed E-state index contributed by atoms with van der Waals surface area (Å²) in [6.07, 6.45) is 1.79. The highest BCUT2D eigenvalue weighted by Gasteiger charge is 2.16. The highest BCUT2D eigenvalue weighted by molar-refractivity contribution is 5.86. The SMILES string of the molecule is CCN(Cc1nc(NC)c2cnn(C)c2n1)C(C)COC. The summed E-state index contributed by atoms with van der Waals surface area (Å²) in [5.74, 6) is 1.61. The van der Waals surface area contributed by atoms with E-state index in [1.807, 2.05) is 14.1 Å². The lowest BCUT2D eigenvalue weighted by atomic mass is 10.3. The van der Waals surface area contributed by atoms with Crippen molar-refractivity contribution < 1.29 is 4.74 Å². The van der Waals surface area contributed by atoms with Crippen LogP contribution in [0.15, 0.2) is 6.20 Å². The Labute approximate surface area is 125 Å². The van der Waals surface area contributed by atoms with Crippen molar-refractivity contribution in [2.24, 2.45) is 7.05 Å². The maximum absolute atomic E-state index is 5.24. The maximum atomic E-state index is 5.24. The summed E-state index contributed by atoms with van der Waals surface area (Å²) in [6.45, 7) is 6.59. The van der Waals surface area contributed by atoms with E-state index >= 15 is 0 Å². The Morgan fingerprint density at radius 2 is 2.19 bits per heavy atom. The first kappa shape index (κ1) is 15.7. The molecule has 0 fully saturated rings. The number of aromatic nitrogens is 4. The Hall–Kier alpha value is -1.73. The van der Waals surface area contributed by atoms with Crippen LogP contribution in [0.1, 0.15) is 19.7 Å². The van der Waals surface area contributed by atoms with Crippen LogP contribution in [0.25, 0.3) is 11.0 Å². The number of fused-ring (bicyclic) bond motifs is 1. The van der Waals surface area contributed by atoms with Crippen molar-refractivity contribution in [3.05, 3.63) is 12.0 Å². The molecule has 0 bridgehead atoms. The van der Waals surface area contributed by atoms with E-state index in [0.29, 0.717) is 19.2 Å². The van der Waals surface area contributed by atoms with Gasteiger partial charge in [-0.25, -0.2) is 9.97 Å². The Morgan fingerprint density at radius 3 is 2.81 bits per heavy atom. The lowest BCUT2D eigenvalue weighted by molar-refractivity contribution is 0.0966. The second-order valence-electron chi connectivity index (χ2n) is 5.11. The first-order valence-electron chi connectivity index (χ1n) is 7.20. The van der Waals surface area contributed by atoms with Crippen LogP contribution < -0.4 is 5.32 Å². The van der Waals surface area contributed by atoms with Gasteiger partial charge in [0.15, 0.2) is 5.65 Å². The first-order valence-corrected chi connectivity index (χ1v) is 7.20. The van der Waals surface area contributed by atoms with E-state index < -0.39 is 0 Å². The molecule has 0 spiro atoms. The minimum absolute atomic E-state index is 0.323. The molecule has 7 heteroatoms. The number of hydrogen-bond acceptors (Lipinski definition) is 6. The molecule has 0 aliphatic heterocycles. The van der Waals surface area contributed by atoms with Crippen molar-refractivity contribution in [3.8, 4) is 0 Å². The average molecular weight is 292 g/mol. The zero-order chi connectivity index (χ0) is 15.4. The number of aryl methyl sites for hydroxylation is 1. The molecule has 0 amide bonds. The van der Waals surface area contributed by atoms with Gasteiger partial charge in [-0.1, -0.05) is 6.92 Å². The molecular formula is C14H24N6O. The molecule has 0 aliphatic rings. The first-order chi connectivity index (χ1) is 10.1. The van der Waals surface area contributed by atoms with Crippen molar-refractivity contribution in [1.82, 2.24) is 24.6 Å². The van der Waals surface area contributed by atoms with Crippen molar-refractivity contribution >= 4 is 16.9 Å². The summed E-state index contributed by atoms with van der Waals surface area (Å²) in [5, 5.41) is 8.31. The zero-order valence-electron chi connectivity index (χ0n) is 13.4. The van der Waals surface area contributed by atoms with Gasteiger partial charge >= 0.3 is 0 Å². The number of methoxy groups -OCH3 is 1. The van der Waals surface area contributed by atoms with Gasteiger partial charge in [-0.15, -0.1) is 0 Å². The van der Waals surface area contributed by atoms with Crippen LogP contribution in [0.5, 0.6) is 0 Å². The van der Waals surface area contributed by atoms with Gasteiger partial charge in [0, 0.05) is 27.2 Å². The van der Waals surface area contributed by atoms with Crippen LogP contribution in [0.3, 0.4) is 0 Å². The van der Waals surface area contributed by atoms with Crippen LogP contribution in [-0.2, 0) is 18.3 Å². The molecule has 0 saturated carbocycles. The molecule has 0 saturated heterocycles. The van der Waals surface area contributed by atoms with E-state index in [9.17, 15) is 0 Å². The summed E-state index contributed by atoms with van der Waals surface area (Å²) < 4.78 is 7.01. The lowest BCUT2D eigenvalue weighted by Crippen LogP contribution is -2.36. The van der Waals surface area contributed by atoms with E-state index in [0.717, 1.165) is 29.2 Å². The molecule has 1 N–H and O–H groups in total. The lowest BCUT2D eigenvalue weighted by Gasteiger charge is -2.26. The maximum Gasteiger partial charge on any atom is 0.163 e. The predicted octanol–water partition coefficient (Wildman–Crippen LogP) is 1.26. The van der Waals surface area contributed by atoms with Crippen LogP contribution in [0.2, 0.25) is 0 Å². The molecule has 2 rings (SSSR count). The summed E-state index contributed by atoms with van der Waals surface area (Å²) >= 11 is 0. The third-order valence-corrected chi connectivity index (χ3v) is 3.66. The number of nitrogens with zero attached hydrogens (tertiary/aromatic N) is 5. The Balaban J connectivity index is 2.30. The fourth-order valence-electron chi connectivity index (χ4n) is 2.44. The number of rotatable bonds is 7. The summed E-state index contributed by atoms with van der Waals surface area (Å²) in [4.78, 5) is 11.5. The smallest absolute Gasteiger partial charge is 0.163 e. The van der Waals surface area contributed by atoms with Crippen molar-refractivity contribution in [2.45, 2.75) is 26.4 Å². The molecule has 2 aromatic rings. The molecule has 7 nitrogen and oxygen atoms in total. The largest absolute Gasteiger partial charge is 0.383 e. The molecule has 0 aromatic carbocycles. The third-order valence-electron chi connectivity index (χ3n) is 3.66.